The Bertz CT molecular complexity index is 1360. The standard InChI is InChI=1S/C28H29F3N2O4S/c1-18-8-14-23(15-9-18)38(36,37)33-16-24(27(32-19(2)34)21-6-4-3-5-7-21)26(25(35)17-33)20-10-12-22(13-11-20)28(29,30)31/h3-15,24-27,35H,16-17H2,1-2H3,(H,32,34)/t24?,25-,26-,27+/m0/s1. The van der Waals surface area contributed by atoms with Crippen molar-refractivity contribution in [3.63, 3.8) is 0 Å². The fraction of sp³-hybridized carbons (Fsp3) is 0.321. The van der Waals surface area contributed by atoms with Crippen LogP contribution in [-0.4, -0.2) is 42.9 Å². The van der Waals surface area contributed by atoms with E-state index in [1.807, 2.05) is 6.92 Å². The number of sulfonamides is 1. The fourth-order valence-corrected chi connectivity index (χ4v) is 6.58. The summed E-state index contributed by atoms with van der Waals surface area (Å²) in [4.78, 5) is 12.3. The number of rotatable bonds is 6. The number of amides is 1. The van der Waals surface area contributed by atoms with Gasteiger partial charge in [0.05, 0.1) is 22.6 Å². The molecule has 4 atom stereocenters. The second-order valence-electron chi connectivity index (χ2n) is 9.60. The molecule has 3 aromatic rings. The molecule has 1 unspecified atom stereocenters. The third kappa shape index (κ3) is 5.92. The molecule has 1 aliphatic heterocycles. The Balaban J connectivity index is 1.80. The van der Waals surface area contributed by atoms with Crippen LogP contribution in [0.2, 0.25) is 0 Å². The summed E-state index contributed by atoms with van der Waals surface area (Å²) in [6, 6.07) is 19.1. The highest BCUT2D eigenvalue weighted by atomic mass is 32.2. The number of nitrogens with zero attached hydrogens (tertiary/aromatic N) is 1. The average molecular weight is 547 g/mol. The van der Waals surface area contributed by atoms with Crippen LogP contribution in [0, 0.1) is 12.8 Å². The van der Waals surface area contributed by atoms with Crippen molar-refractivity contribution in [1.82, 2.24) is 9.62 Å². The van der Waals surface area contributed by atoms with Gasteiger partial charge in [0.25, 0.3) is 0 Å². The average Bonchev–Trinajstić information content (AvgIpc) is 2.87. The van der Waals surface area contributed by atoms with Crippen LogP contribution < -0.4 is 5.32 Å². The SMILES string of the molecule is CC(=O)N[C@H](c1ccccc1)C1CN(S(=O)(=O)c2ccc(C)cc2)C[C@H](O)[C@H]1c1ccc(C(F)(F)F)cc1. The number of hydrogen-bond acceptors (Lipinski definition) is 4. The summed E-state index contributed by atoms with van der Waals surface area (Å²) in [7, 11) is -4.01. The third-order valence-corrected chi connectivity index (χ3v) is 8.75. The molecular weight excluding hydrogens is 517 g/mol. The first kappa shape index (κ1) is 27.8. The molecule has 0 aliphatic carbocycles. The summed E-state index contributed by atoms with van der Waals surface area (Å²) in [6.07, 6.45) is -5.77. The number of aryl methyl sites for hydroxylation is 1. The van der Waals surface area contributed by atoms with E-state index in [9.17, 15) is 31.5 Å². The van der Waals surface area contributed by atoms with Gasteiger partial charge in [-0.05, 0) is 42.3 Å². The van der Waals surface area contributed by atoms with Crippen molar-refractivity contribution in [3.8, 4) is 0 Å². The van der Waals surface area contributed by atoms with Gasteiger partial charge in [-0.15, -0.1) is 0 Å². The molecule has 4 rings (SSSR count). The normalized spacial score (nSPS) is 21.6. The smallest absolute Gasteiger partial charge is 0.391 e. The highest BCUT2D eigenvalue weighted by molar-refractivity contribution is 7.89. The lowest BCUT2D eigenvalue weighted by Crippen LogP contribution is -2.53. The van der Waals surface area contributed by atoms with Crippen molar-refractivity contribution in [2.75, 3.05) is 13.1 Å². The second kappa shape index (κ2) is 10.9. The molecule has 1 amide bonds. The summed E-state index contributed by atoms with van der Waals surface area (Å²) in [6.45, 7) is 2.85. The molecule has 0 aromatic heterocycles. The Morgan fingerprint density at radius 2 is 1.58 bits per heavy atom. The molecule has 3 aromatic carbocycles. The van der Waals surface area contributed by atoms with Crippen molar-refractivity contribution >= 4 is 15.9 Å². The molecule has 38 heavy (non-hydrogen) atoms. The van der Waals surface area contributed by atoms with E-state index in [0.717, 1.165) is 17.7 Å². The highest BCUT2D eigenvalue weighted by Gasteiger charge is 2.45. The number of nitrogens with one attached hydrogen (secondary N) is 1. The molecule has 0 bridgehead atoms. The summed E-state index contributed by atoms with van der Waals surface area (Å²) < 4.78 is 67.9. The predicted octanol–water partition coefficient (Wildman–Crippen LogP) is 4.66. The summed E-state index contributed by atoms with van der Waals surface area (Å²) >= 11 is 0. The zero-order chi connectivity index (χ0) is 27.7. The number of halogens is 3. The summed E-state index contributed by atoms with van der Waals surface area (Å²) in [5.74, 6) is -1.81. The van der Waals surface area contributed by atoms with Crippen LogP contribution in [0.4, 0.5) is 13.2 Å². The zero-order valence-electron chi connectivity index (χ0n) is 20.9. The van der Waals surface area contributed by atoms with Crippen LogP contribution >= 0.6 is 0 Å². The van der Waals surface area contributed by atoms with Gasteiger partial charge in [-0.2, -0.15) is 17.5 Å². The summed E-state index contributed by atoms with van der Waals surface area (Å²) in [5.41, 5.74) is 1.17. The van der Waals surface area contributed by atoms with Crippen LogP contribution in [0.1, 0.15) is 41.1 Å². The fourth-order valence-electron chi connectivity index (χ4n) is 5.08. The molecule has 202 valence electrons. The van der Waals surface area contributed by atoms with Gasteiger partial charge in [0.1, 0.15) is 0 Å². The first-order valence-electron chi connectivity index (χ1n) is 12.1. The van der Waals surface area contributed by atoms with E-state index in [0.29, 0.717) is 11.1 Å². The van der Waals surface area contributed by atoms with E-state index >= 15 is 0 Å². The van der Waals surface area contributed by atoms with Gasteiger partial charge in [-0.1, -0.05) is 60.2 Å². The number of alkyl halides is 3. The zero-order valence-corrected chi connectivity index (χ0v) is 21.7. The van der Waals surface area contributed by atoms with Crippen molar-refractivity contribution in [2.45, 2.75) is 43.0 Å². The Morgan fingerprint density at radius 1 is 0.974 bits per heavy atom. The molecule has 1 fully saturated rings. The minimum atomic E-state index is -4.52. The predicted molar refractivity (Wildman–Crippen MR) is 137 cm³/mol. The monoisotopic (exact) mass is 546 g/mol. The van der Waals surface area contributed by atoms with Crippen LogP contribution in [0.5, 0.6) is 0 Å². The van der Waals surface area contributed by atoms with Crippen molar-refractivity contribution in [3.05, 3.63) is 101 Å². The van der Waals surface area contributed by atoms with Crippen LogP contribution in [-0.2, 0) is 21.0 Å². The third-order valence-electron chi connectivity index (χ3n) is 6.91. The molecule has 0 spiro atoms. The van der Waals surface area contributed by atoms with Crippen LogP contribution in [0.3, 0.4) is 0 Å². The van der Waals surface area contributed by atoms with Gasteiger partial charge in [0.2, 0.25) is 15.9 Å². The number of benzene rings is 3. The molecule has 10 heteroatoms. The highest BCUT2D eigenvalue weighted by Crippen LogP contribution is 2.43. The molecule has 0 radical (unpaired) electrons. The number of hydrogen-bond donors (Lipinski definition) is 2. The summed E-state index contributed by atoms with van der Waals surface area (Å²) in [5, 5.41) is 14.2. The molecular formula is C28H29F3N2O4S. The number of aliphatic hydroxyl groups excluding tert-OH is 1. The first-order valence-corrected chi connectivity index (χ1v) is 13.6. The van der Waals surface area contributed by atoms with Gasteiger partial charge < -0.3 is 10.4 Å². The van der Waals surface area contributed by atoms with Gasteiger partial charge >= 0.3 is 6.18 Å². The second-order valence-corrected chi connectivity index (χ2v) is 11.5. The maximum absolute atomic E-state index is 13.6. The molecule has 2 N–H and O–H groups in total. The van der Waals surface area contributed by atoms with Gasteiger partial charge in [-0.25, -0.2) is 8.42 Å². The molecule has 0 saturated carbocycles. The largest absolute Gasteiger partial charge is 0.416 e. The Morgan fingerprint density at radius 3 is 2.13 bits per heavy atom. The Labute approximate surface area is 220 Å². The minimum Gasteiger partial charge on any atom is -0.391 e. The van der Waals surface area contributed by atoms with Gasteiger partial charge in [0.15, 0.2) is 0 Å². The molecule has 1 saturated heterocycles. The number of piperidine rings is 1. The van der Waals surface area contributed by atoms with Gasteiger partial charge in [0, 0.05) is 31.8 Å². The topological polar surface area (TPSA) is 86.7 Å². The van der Waals surface area contributed by atoms with E-state index in [-0.39, 0.29) is 23.9 Å². The lowest BCUT2D eigenvalue weighted by molar-refractivity contribution is -0.137. The molecule has 1 heterocycles. The van der Waals surface area contributed by atoms with Crippen molar-refractivity contribution < 1.29 is 31.5 Å². The Hall–Kier alpha value is -3.21. The number of β-amino-alcohol motifs (C(OH)–C–C–N with tert-alkyl or cyclic N) is 1. The lowest BCUT2D eigenvalue weighted by Gasteiger charge is -2.45. The van der Waals surface area contributed by atoms with Crippen LogP contribution in [0.15, 0.2) is 83.8 Å². The maximum Gasteiger partial charge on any atom is 0.416 e. The van der Waals surface area contributed by atoms with E-state index in [1.54, 1.807) is 42.5 Å². The van der Waals surface area contributed by atoms with E-state index in [2.05, 4.69) is 5.32 Å². The number of aliphatic hydroxyl groups is 1. The van der Waals surface area contributed by atoms with E-state index in [1.165, 1.54) is 35.5 Å². The lowest BCUT2D eigenvalue weighted by atomic mass is 9.73. The number of carbonyl (C=O) groups excluding carboxylic acids is 1. The number of carbonyl (C=O) groups is 1. The molecule has 1 aliphatic rings. The van der Waals surface area contributed by atoms with Crippen molar-refractivity contribution in [1.29, 1.82) is 0 Å². The van der Waals surface area contributed by atoms with E-state index in [4.69, 9.17) is 0 Å². The van der Waals surface area contributed by atoms with Crippen molar-refractivity contribution in [2.24, 2.45) is 5.92 Å². The quantitative estimate of drug-likeness (QED) is 0.471. The van der Waals surface area contributed by atoms with Crippen LogP contribution in [0.25, 0.3) is 0 Å². The van der Waals surface area contributed by atoms with Gasteiger partial charge in [-0.3, -0.25) is 4.79 Å². The maximum atomic E-state index is 13.6. The minimum absolute atomic E-state index is 0.0674. The first-order chi connectivity index (χ1) is 17.9. The van der Waals surface area contributed by atoms with E-state index < -0.39 is 45.7 Å². The molecule has 6 nitrogen and oxygen atoms in total. The Kier molecular flexibility index (Phi) is 7.96.